The largest absolute Gasteiger partial charge is 0.348 e. The highest BCUT2D eigenvalue weighted by Gasteiger charge is 2.21. The van der Waals surface area contributed by atoms with Crippen LogP contribution in [0.25, 0.3) is 0 Å². The molecule has 0 radical (unpaired) electrons. The van der Waals surface area contributed by atoms with Gasteiger partial charge >= 0.3 is 0 Å². The summed E-state index contributed by atoms with van der Waals surface area (Å²) in [6.07, 6.45) is 3.31. The van der Waals surface area contributed by atoms with Crippen molar-refractivity contribution in [1.82, 2.24) is 10.2 Å². The second-order valence-corrected chi connectivity index (χ2v) is 7.00. The lowest BCUT2D eigenvalue weighted by atomic mass is 9.88. The van der Waals surface area contributed by atoms with Crippen LogP contribution < -0.4 is 5.32 Å². The minimum atomic E-state index is 0.112. The molecule has 3 nitrogen and oxygen atoms in total. The van der Waals surface area contributed by atoms with Gasteiger partial charge in [0.15, 0.2) is 0 Å². The van der Waals surface area contributed by atoms with Crippen LogP contribution in [0.2, 0.25) is 0 Å². The van der Waals surface area contributed by atoms with Crippen LogP contribution in [-0.4, -0.2) is 24.4 Å². The Morgan fingerprint density at radius 3 is 3.00 bits per heavy atom. The molecule has 116 valence electrons. The minimum Gasteiger partial charge on any atom is -0.348 e. The Bertz CT molecular complexity index is 624. The average molecular weight is 314 g/mol. The van der Waals surface area contributed by atoms with E-state index in [4.69, 9.17) is 0 Å². The smallest absolute Gasteiger partial charge is 0.234 e. The Balaban J connectivity index is 1.56. The first-order valence-electron chi connectivity index (χ1n) is 7.80. The molecule has 4 heteroatoms. The van der Waals surface area contributed by atoms with Crippen LogP contribution in [0.1, 0.15) is 34.9 Å². The van der Waals surface area contributed by atoms with Gasteiger partial charge in [0, 0.05) is 11.4 Å². The van der Waals surface area contributed by atoms with Gasteiger partial charge in [0.05, 0.1) is 12.6 Å². The van der Waals surface area contributed by atoms with E-state index in [2.05, 4.69) is 45.9 Å². The molecule has 0 spiro atoms. The van der Waals surface area contributed by atoms with Crippen LogP contribution in [0.15, 0.2) is 41.8 Å². The van der Waals surface area contributed by atoms with Crippen LogP contribution in [-0.2, 0) is 17.8 Å². The predicted molar refractivity (Wildman–Crippen MR) is 90.9 cm³/mol. The third-order valence-electron chi connectivity index (χ3n) is 4.12. The number of aryl methyl sites for hydroxylation is 1. The number of nitrogens with one attached hydrogen (secondary N) is 1. The molecule has 0 saturated carbocycles. The molecule has 3 rings (SSSR count). The van der Waals surface area contributed by atoms with Gasteiger partial charge in [-0.3, -0.25) is 9.69 Å². The fourth-order valence-corrected chi connectivity index (χ4v) is 3.90. The minimum absolute atomic E-state index is 0.112. The summed E-state index contributed by atoms with van der Waals surface area (Å²) in [5, 5.41) is 5.28. The number of thiophene rings is 1. The number of nitrogens with zero attached hydrogens (tertiary/aromatic N) is 1. The van der Waals surface area contributed by atoms with Crippen molar-refractivity contribution >= 4 is 17.2 Å². The van der Waals surface area contributed by atoms with E-state index in [0.717, 1.165) is 25.8 Å². The molecule has 0 saturated heterocycles. The molecule has 22 heavy (non-hydrogen) atoms. The van der Waals surface area contributed by atoms with Crippen molar-refractivity contribution in [2.75, 3.05) is 13.6 Å². The molecule has 0 aliphatic heterocycles. The zero-order valence-electron chi connectivity index (χ0n) is 12.9. The number of benzene rings is 1. The summed E-state index contributed by atoms with van der Waals surface area (Å²) >= 11 is 1.73. The Hall–Kier alpha value is -1.65. The van der Waals surface area contributed by atoms with Crippen LogP contribution in [0.4, 0.5) is 0 Å². The van der Waals surface area contributed by atoms with Gasteiger partial charge in [0.1, 0.15) is 0 Å². The van der Waals surface area contributed by atoms with Gasteiger partial charge < -0.3 is 5.32 Å². The summed E-state index contributed by atoms with van der Waals surface area (Å²) in [4.78, 5) is 15.7. The third kappa shape index (κ3) is 3.76. The fourth-order valence-electron chi connectivity index (χ4n) is 3.11. The molecular weight excluding hydrogens is 292 g/mol. The Kier molecular flexibility index (Phi) is 4.90. The highest BCUT2D eigenvalue weighted by molar-refractivity contribution is 7.09. The summed E-state index contributed by atoms with van der Waals surface area (Å²) in [5.41, 5.74) is 2.68. The van der Waals surface area contributed by atoms with E-state index in [9.17, 15) is 4.79 Å². The van der Waals surface area contributed by atoms with Crippen molar-refractivity contribution in [3.8, 4) is 0 Å². The number of carbonyl (C=O) groups excluding carboxylic acids is 1. The highest BCUT2D eigenvalue weighted by atomic mass is 32.1. The molecular formula is C18H22N2OS. The third-order valence-corrected chi connectivity index (χ3v) is 4.99. The number of carbonyl (C=O) groups is 1. The molecule has 1 heterocycles. The van der Waals surface area contributed by atoms with E-state index in [0.29, 0.717) is 6.54 Å². The summed E-state index contributed by atoms with van der Waals surface area (Å²) in [7, 11) is 1.99. The monoisotopic (exact) mass is 314 g/mol. The highest BCUT2D eigenvalue weighted by Crippen LogP contribution is 2.29. The van der Waals surface area contributed by atoms with Crippen LogP contribution in [0.5, 0.6) is 0 Å². The van der Waals surface area contributed by atoms with Crippen molar-refractivity contribution in [3.05, 3.63) is 57.8 Å². The van der Waals surface area contributed by atoms with E-state index in [1.165, 1.54) is 16.0 Å². The van der Waals surface area contributed by atoms with Gasteiger partial charge in [-0.05, 0) is 48.9 Å². The SMILES string of the molecule is CN(CC(=O)NC1CCCc2ccccc21)Cc1cccs1. The number of fused-ring (bicyclic) bond motifs is 1. The van der Waals surface area contributed by atoms with E-state index < -0.39 is 0 Å². The lowest BCUT2D eigenvalue weighted by Gasteiger charge is -2.27. The predicted octanol–water partition coefficient (Wildman–Crippen LogP) is 3.37. The van der Waals surface area contributed by atoms with Gasteiger partial charge in [-0.25, -0.2) is 0 Å². The number of hydrogen-bond acceptors (Lipinski definition) is 3. The maximum atomic E-state index is 12.3. The summed E-state index contributed by atoms with van der Waals surface area (Å²) in [5.74, 6) is 0.112. The van der Waals surface area contributed by atoms with E-state index in [-0.39, 0.29) is 11.9 Å². The number of amides is 1. The molecule has 0 fully saturated rings. The van der Waals surface area contributed by atoms with Gasteiger partial charge in [0.2, 0.25) is 5.91 Å². The van der Waals surface area contributed by atoms with Crippen molar-refractivity contribution < 1.29 is 4.79 Å². The van der Waals surface area contributed by atoms with Crippen molar-refractivity contribution in [3.63, 3.8) is 0 Å². The molecule has 1 aliphatic rings. The number of hydrogen-bond donors (Lipinski definition) is 1. The Labute approximate surface area is 136 Å². The zero-order chi connectivity index (χ0) is 15.4. The quantitative estimate of drug-likeness (QED) is 0.917. The molecule has 1 amide bonds. The van der Waals surface area contributed by atoms with Gasteiger partial charge in [-0.15, -0.1) is 11.3 Å². The molecule has 1 aromatic heterocycles. The molecule has 0 bridgehead atoms. The first-order valence-corrected chi connectivity index (χ1v) is 8.68. The van der Waals surface area contributed by atoms with E-state index >= 15 is 0 Å². The molecule has 1 aromatic carbocycles. The fraction of sp³-hybridized carbons (Fsp3) is 0.389. The van der Waals surface area contributed by atoms with Crippen molar-refractivity contribution in [2.45, 2.75) is 31.8 Å². The molecule has 2 aromatic rings. The standard InChI is InChI=1S/C18H22N2OS/c1-20(12-15-8-5-11-22-15)13-18(21)19-17-10-4-7-14-6-2-3-9-16(14)17/h2-3,5-6,8-9,11,17H,4,7,10,12-13H2,1H3,(H,19,21). The maximum Gasteiger partial charge on any atom is 0.234 e. The average Bonchev–Trinajstić information content (AvgIpc) is 3.00. The van der Waals surface area contributed by atoms with Gasteiger partial charge in [-0.1, -0.05) is 30.3 Å². The van der Waals surface area contributed by atoms with Gasteiger partial charge in [-0.2, -0.15) is 0 Å². The Morgan fingerprint density at radius 1 is 1.32 bits per heavy atom. The van der Waals surface area contributed by atoms with Crippen molar-refractivity contribution in [2.24, 2.45) is 0 Å². The molecule has 1 atom stereocenters. The first-order chi connectivity index (χ1) is 10.7. The zero-order valence-corrected chi connectivity index (χ0v) is 13.7. The second kappa shape index (κ2) is 7.07. The van der Waals surface area contributed by atoms with Crippen LogP contribution >= 0.6 is 11.3 Å². The number of rotatable bonds is 5. The van der Waals surface area contributed by atoms with E-state index in [1.807, 2.05) is 13.1 Å². The first kappa shape index (κ1) is 15.3. The van der Waals surface area contributed by atoms with Crippen molar-refractivity contribution in [1.29, 1.82) is 0 Å². The number of likely N-dealkylation sites (N-methyl/N-ethyl adjacent to an activating group) is 1. The molecule has 1 N–H and O–H groups in total. The summed E-state index contributed by atoms with van der Waals surface area (Å²) in [6, 6.07) is 12.8. The molecule has 1 aliphatic carbocycles. The van der Waals surface area contributed by atoms with E-state index in [1.54, 1.807) is 11.3 Å². The Morgan fingerprint density at radius 2 is 2.18 bits per heavy atom. The lowest BCUT2D eigenvalue weighted by Crippen LogP contribution is -2.38. The summed E-state index contributed by atoms with van der Waals surface area (Å²) < 4.78 is 0. The lowest BCUT2D eigenvalue weighted by molar-refractivity contribution is -0.122. The molecule has 1 unspecified atom stereocenters. The normalized spacial score (nSPS) is 17.3. The maximum absolute atomic E-state index is 12.3. The van der Waals surface area contributed by atoms with Crippen LogP contribution in [0.3, 0.4) is 0 Å². The van der Waals surface area contributed by atoms with Crippen LogP contribution in [0, 0.1) is 0 Å². The second-order valence-electron chi connectivity index (χ2n) is 5.96. The van der Waals surface area contributed by atoms with Gasteiger partial charge in [0.25, 0.3) is 0 Å². The summed E-state index contributed by atoms with van der Waals surface area (Å²) in [6.45, 7) is 1.27. The topological polar surface area (TPSA) is 32.3 Å².